The van der Waals surface area contributed by atoms with Crippen LogP contribution in [-0.4, -0.2) is 10.9 Å². The smallest absolute Gasteiger partial charge is 0.257 e. The number of hydrogen-bond acceptors (Lipinski definition) is 4. The molecule has 134 valence electrons. The molecule has 0 saturated heterocycles. The lowest BCUT2D eigenvalue weighted by atomic mass is 10.1. The molecule has 4 nitrogen and oxygen atoms in total. The van der Waals surface area contributed by atoms with E-state index in [4.69, 9.17) is 4.74 Å². The van der Waals surface area contributed by atoms with E-state index in [1.54, 1.807) is 18.2 Å². The third-order valence-corrected chi connectivity index (χ3v) is 5.24. The summed E-state index contributed by atoms with van der Waals surface area (Å²) in [6.45, 7) is 4.10. The molecular weight excluding hydrogens is 356 g/mol. The number of nitrogens with one attached hydrogen (secondary N) is 1. The number of ether oxygens (including phenoxy) is 1. The van der Waals surface area contributed by atoms with E-state index >= 15 is 0 Å². The first-order chi connectivity index (χ1) is 13.1. The third-order valence-electron chi connectivity index (χ3n) is 4.12. The maximum absolute atomic E-state index is 12.6. The molecule has 5 heteroatoms. The standard InChI is InChI=1S/C22H18N2O2S/c1-14-11-15(2)20-19(12-14)23-22(27-20)24-21(25)16-7-6-10-18(13-16)26-17-8-4-3-5-9-17/h3-13H,1-2H3,(H,23,24,25). The van der Waals surface area contributed by atoms with Crippen molar-refractivity contribution in [3.63, 3.8) is 0 Å². The summed E-state index contributed by atoms with van der Waals surface area (Å²) in [5.41, 5.74) is 3.76. The van der Waals surface area contributed by atoms with Gasteiger partial charge in [0.15, 0.2) is 5.13 Å². The van der Waals surface area contributed by atoms with Crippen molar-refractivity contribution in [1.29, 1.82) is 0 Å². The Labute approximate surface area is 161 Å². The highest BCUT2D eigenvalue weighted by Crippen LogP contribution is 2.30. The van der Waals surface area contributed by atoms with Gasteiger partial charge in [0.05, 0.1) is 10.2 Å². The Morgan fingerprint density at radius 3 is 2.56 bits per heavy atom. The molecule has 3 aromatic carbocycles. The summed E-state index contributed by atoms with van der Waals surface area (Å²) in [4.78, 5) is 17.2. The zero-order valence-electron chi connectivity index (χ0n) is 15.0. The van der Waals surface area contributed by atoms with E-state index in [0.29, 0.717) is 16.4 Å². The SMILES string of the molecule is Cc1cc(C)c2sc(NC(=O)c3cccc(Oc4ccccc4)c3)nc2c1. The zero-order chi connectivity index (χ0) is 18.8. The van der Waals surface area contributed by atoms with Crippen LogP contribution < -0.4 is 10.1 Å². The summed E-state index contributed by atoms with van der Waals surface area (Å²) in [5, 5.41) is 3.49. The van der Waals surface area contributed by atoms with Gasteiger partial charge in [-0.3, -0.25) is 10.1 Å². The second-order valence-corrected chi connectivity index (χ2v) is 7.35. The van der Waals surface area contributed by atoms with E-state index in [1.165, 1.54) is 16.9 Å². The van der Waals surface area contributed by atoms with Crippen molar-refractivity contribution in [1.82, 2.24) is 4.98 Å². The number of amides is 1. The number of thiazole rings is 1. The fraction of sp³-hybridized carbons (Fsp3) is 0.0909. The summed E-state index contributed by atoms with van der Waals surface area (Å²) in [7, 11) is 0. The molecule has 1 amide bonds. The van der Waals surface area contributed by atoms with Crippen LogP contribution in [0.1, 0.15) is 21.5 Å². The van der Waals surface area contributed by atoms with Gasteiger partial charge >= 0.3 is 0 Å². The Hall–Kier alpha value is -3.18. The van der Waals surface area contributed by atoms with Crippen molar-refractivity contribution in [3.05, 3.63) is 83.4 Å². The van der Waals surface area contributed by atoms with E-state index in [1.807, 2.05) is 49.4 Å². The Morgan fingerprint density at radius 2 is 1.74 bits per heavy atom. The first-order valence-electron chi connectivity index (χ1n) is 8.60. The first-order valence-corrected chi connectivity index (χ1v) is 9.42. The van der Waals surface area contributed by atoms with Crippen LogP contribution in [0.25, 0.3) is 10.2 Å². The summed E-state index contributed by atoms with van der Waals surface area (Å²) < 4.78 is 6.90. The van der Waals surface area contributed by atoms with E-state index in [2.05, 4.69) is 23.3 Å². The predicted molar refractivity (Wildman–Crippen MR) is 110 cm³/mol. The maximum Gasteiger partial charge on any atom is 0.257 e. The molecule has 1 heterocycles. The van der Waals surface area contributed by atoms with Crippen molar-refractivity contribution in [2.24, 2.45) is 0 Å². The van der Waals surface area contributed by atoms with Crippen molar-refractivity contribution >= 4 is 32.6 Å². The molecule has 0 spiro atoms. The minimum atomic E-state index is -0.207. The molecule has 4 rings (SSSR count). The predicted octanol–water partition coefficient (Wildman–Crippen LogP) is 5.96. The fourth-order valence-corrected chi connectivity index (χ4v) is 3.83. The van der Waals surface area contributed by atoms with Crippen molar-refractivity contribution in [2.45, 2.75) is 13.8 Å². The van der Waals surface area contributed by atoms with Crippen molar-refractivity contribution < 1.29 is 9.53 Å². The number of hydrogen-bond donors (Lipinski definition) is 1. The van der Waals surface area contributed by atoms with Gasteiger partial charge in [-0.25, -0.2) is 4.98 Å². The minimum Gasteiger partial charge on any atom is -0.457 e. The van der Waals surface area contributed by atoms with Crippen LogP contribution in [0.5, 0.6) is 11.5 Å². The van der Waals surface area contributed by atoms with Gasteiger partial charge in [0.1, 0.15) is 11.5 Å². The number of carbonyl (C=O) groups excluding carboxylic acids is 1. The van der Waals surface area contributed by atoms with Crippen LogP contribution in [0, 0.1) is 13.8 Å². The molecular formula is C22H18N2O2S. The molecule has 0 aliphatic rings. The second kappa shape index (κ2) is 7.21. The molecule has 4 aromatic rings. The quantitative estimate of drug-likeness (QED) is 0.480. The van der Waals surface area contributed by atoms with E-state index in [0.717, 1.165) is 21.5 Å². The van der Waals surface area contributed by atoms with E-state index in [-0.39, 0.29) is 5.91 Å². The number of para-hydroxylation sites is 1. The highest BCUT2D eigenvalue weighted by molar-refractivity contribution is 7.22. The lowest BCUT2D eigenvalue weighted by molar-refractivity contribution is 0.102. The summed E-state index contributed by atoms with van der Waals surface area (Å²) in [5.74, 6) is 1.14. The molecule has 1 N–H and O–H groups in total. The van der Waals surface area contributed by atoms with Gasteiger partial charge in [-0.1, -0.05) is 41.7 Å². The van der Waals surface area contributed by atoms with Crippen molar-refractivity contribution in [2.75, 3.05) is 5.32 Å². The maximum atomic E-state index is 12.6. The van der Waals surface area contributed by atoms with Gasteiger partial charge in [-0.05, 0) is 61.4 Å². The van der Waals surface area contributed by atoms with Crippen LogP contribution in [0.4, 0.5) is 5.13 Å². The van der Waals surface area contributed by atoms with E-state index < -0.39 is 0 Å². The van der Waals surface area contributed by atoms with Crippen LogP contribution in [-0.2, 0) is 0 Å². The fourth-order valence-electron chi connectivity index (χ4n) is 2.92. The Morgan fingerprint density at radius 1 is 0.963 bits per heavy atom. The molecule has 0 atom stereocenters. The van der Waals surface area contributed by atoms with Crippen LogP contribution in [0.2, 0.25) is 0 Å². The topological polar surface area (TPSA) is 51.2 Å². The number of aryl methyl sites for hydroxylation is 2. The van der Waals surface area contributed by atoms with Crippen molar-refractivity contribution in [3.8, 4) is 11.5 Å². The number of fused-ring (bicyclic) bond motifs is 1. The number of anilines is 1. The molecule has 27 heavy (non-hydrogen) atoms. The molecule has 1 aromatic heterocycles. The Kier molecular flexibility index (Phi) is 4.60. The molecule has 0 fully saturated rings. The normalized spacial score (nSPS) is 10.7. The third kappa shape index (κ3) is 3.83. The van der Waals surface area contributed by atoms with E-state index in [9.17, 15) is 4.79 Å². The average Bonchev–Trinajstić information content (AvgIpc) is 3.05. The monoisotopic (exact) mass is 374 g/mol. The Bertz CT molecular complexity index is 1120. The Balaban J connectivity index is 1.55. The van der Waals surface area contributed by atoms with Crippen LogP contribution in [0.15, 0.2) is 66.7 Å². The lowest BCUT2D eigenvalue weighted by Gasteiger charge is -2.07. The van der Waals surface area contributed by atoms with Gasteiger partial charge in [0, 0.05) is 5.56 Å². The first kappa shape index (κ1) is 17.2. The number of carbonyl (C=O) groups is 1. The molecule has 0 aliphatic carbocycles. The van der Waals surface area contributed by atoms with Crippen LogP contribution in [0.3, 0.4) is 0 Å². The molecule has 0 radical (unpaired) electrons. The molecule has 0 aliphatic heterocycles. The highest BCUT2D eigenvalue weighted by atomic mass is 32.1. The number of aromatic nitrogens is 1. The highest BCUT2D eigenvalue weighted by Gasteiger charge is 2.12. The summed E-state index contributed by atoms with van der Waals surface area (Å²) in [6, 6.07) is 20.8. The summed E-state index contributed by atoms with van der Waals surface area (Å²) in [6.07, 6.45) is 0. The zero-order valence-corrected chi connectivity index (χ0v) is 15.8. The largest absolute Gasteiger partial charge is 0.457 e. The number of rotatable bonds is 4. The second-order valence-electron chi connectivity index (χ2n) is 6.35. The van der Waals surface area contributed by atoms with Gasteiger partial charge in [0.25, 0.3) is 5.91 Å². The van der Waals surface area contributed by atoms with Gasteiger partial charge in [-0.15, -0.1) is 0 Å². The minimum absolute atomic E-state index is 0.207. The molecule has 0 unspecified atom stereocenters. The van der Waals surface area contributed by atoms with Gasteiger partial charge < -0.3 is 4.74 Å². The van der Waals surface area contributed by atoms with Gasteiger partial charge in [-0.2, -0.15) is 0 Å². The molecule has 0 saturated carbocycles. The van der Waals surface area contributed by atoms with Crippen LogP contribution >= 0.6 is 11.3 Å². The van der Waals surface area contributed by atoms with Gasteiger partial charge in [0.2, 0.25) is 0 Å². The molecule has 0 bridgehead atoms. The lowest BCUT2D eigenvalue weighted by Crippen LogP contribution is -2.11. The number of benzene rings is 3. The summed E-state index contributed by atoms with van der Waals surface area (Å²) >= 11 is 1.49. The number of nitrogens with zero attached hydrogens (tertiary/aromatic N) is 1. The average molecular weight is 374 g/mol.